The maximum atomic E-state index is 12.2. The van der Waals surface area contributed by atoms with E-state index in [0.29, 0.717) is 18.9 Å². The second-order valence-corrected chi connectivity index (χ2v) is 6.71. The molecule has 2 aromatic rings. The largest absolute Gasteiger partial charge is 0.378 e. The Hall–Kier alpha value is -2.39. The van der Waals surface area contributed by atoms with E-state index in [0.717, 1.165) is 18.8 Å². The van der Waals surface area contributed by atoms with E-state index in [1.807, 2.05) is 12.1 Å². The first-order valence-electron chi connectivity index (χ1n) is 7.08. The van der Waals surface area contributed by atoms with Crippen molar-refractivity contribution in [2.24, 2.45) is 0 Å². The van der Waals surface area contributed by atoms with Gasteiger partial charge < -0.3 is 15.4 Å². The van der Waals surface area contributed by atoms with Gasteiger partial charge in [0.2, 0.25) is 5.95 Å². The SMILES string of the molecule is Nc1ncc(S(=O)(=O)Nc2ccc(N3CCOCC3)cc2)cn1. The molecule has 0 amide bonds. The number of nitrogens with one attached hydrogen (secondary N) is 1. The van der Waals surface area contributed by atoms with Gasteiger partial charge in [-0.1, -0.05) is 0 Å². The van der Waals surface area contributed by atoms with E-state index < -0.39 is 10.0 Å². The van der Waals surface area contributed by atoms with Gasteiger partial charge in [0.1, 0.15) is 4.90 Å². The number of aromatic nitrogens is 2. The van der Waals surface area contributed by atoms with Crippen molar-refractivity contribution in [1.29, 1.82) is 0 Å². The van der Waals surface area contributed by atoms with Crippen LogP contribution in [0.25, 0.3) is 0 Å². The number of hydrogen-bond donors (Lipinski definition) is 2. The van der Waals surface area contributed by atoms with Gasteiger partial charge in [-0.25, -0.2) is 18.4 Å². The van der Waals surface area contributed by atoms with Crippen molar-refractivity contribution >= 4 is 27.3 Å². The summed E-state index contributed by atoms with van der Waals surface area (Å²) in [6, 6.07) is 7.20. The van der Waals surface area contributed by atoms with Crippen LogP contribution in [0.5, 0.6) is 0 Å². The monoisotopic (exact) mass is 335 g/mol. The highest BCUT2D eigenvalue weighted by molar-refractivity contribution is 7.92. The number of benzene rings is 1. The van der Waals surface area contributed by atoms with Gasteiger partial charge in [-0.3, -0.25) is 4.72 Å². The molecule has 0 aliphatic carbocycles. The van der Waals surface area contributed by atoms with E-state index in [1.54, 1.807) is 12.1 Å². The molecule has 1 aromatic heterocycles. The molecule has 1 saturated heterocycles. The van der Waals surface area contributed by atoms with E-state index in [4.69, 9.17) is 10.5 Å². The third-order valence-electron chi connectivity index (χ3n) is 3.45. The maximum absolute atomic E-state index is 12.2. The molecule has 1 aliphatic heterocycles. The van der Waals surface area contributed by atoms with Crippen LogP contribution >= 0.6 is 0 Å². The molecule has 0 bridgehead atoms. The number of rotatable bonds is 4. The van der Waals surface area contributed by atoms with Gasteiger partial charge in [-0.05, 0) is 24.3 Å². The summed E-state index contributed by atoms with van der Waals surface area (Å²) in [5.41, 5.74) is 6.86. The number of morpholine rings is 1. The summed E-state index contributed by atoms with van der Waals surface area (Å²) in [4.78, 5) is 9.53. The molecule has 3 N–H and O–H groups in total. The lowest BCUT2D eigenvalue weighted by atomic mass is 10.2. The van der Waals surface area contributed by atoms with Crippen LogP contribution in [0.4, 0.5) is 17.3 Å². The van der Waals surface area contributed by atoms with Crippen LogP contribution in [0.2, 0.25) is 0 Å². The Morgan fingerprint density at radius 3 is 2.30 bits per heavy atom. The van der Waals surface area contributed by atoms with Crippen molar-refractivity contribution in [1.82, 2.24) is 9.97 Å². The first-order valence-corrected chi connectivity index (χ1v) is 8.56. The van der Waals surface area contributed by atoms with Gasteiger partial charge in [0.15, 0.2) is 0 Å². The average Bonchev–Trinajstić information content (AvgIpc) is 2.56. The molecule has 23 heavy (non-hydrogen) atoms. The fourth-order valence-corrected chi connectivity index (χ4v) is 3.19. The van der Waals surface area contributed by atoms with E-state index in [2.05, 4.69) is 19.6 Å². The van der Waals surface area contributed by atoms with Gasteiger partial charge in [-0.15, -0.1) is 0 Å². The number of nitrogens with two attached hydrogens (primary N) is 1. The van der Waals surface area contributed by atoms with Gasteiger partial charge >= 0.3 is 0 Å². The van der Waals surface area contributed by atoms with E-state index in [9.17, 15) is 8.42 Å². The van der Waals surface area contributed by atoms with E-state index in [1.165, 1.54) is 12.4 Å². The van der Waals surface area contributed by atoms with Crippen LogP contribution in [0.1, 0.15) is 0 Å². The van der Waals surface area contributed by atoms with Crippen molar-refractivity contribution in [3.05, 3.63) is 36.7 Å². The molecule has 2 heterocycles. The van der Waals surface area contributed by atoms with Crippen molar-refractivity contribution in [2.45, 2.75) is 4.90 Å². The molecule has 0 atom stereocenters. The summed E-state index contributed by atoms with van der Waals surface area (Å²) >= 11 is 0. The second kappa shape index (κ2) is 6.39. The van der Waals surface area contributed by atoms with Crippen LogP contribution in [0.3, 0.4) is 0 Å². The van der Waals surface area contributed by atoms with Crippen molar-refractivity contribution in [2.75, 3.05) is 41.7 Å². The molecule has 1 aliphatic rings. The summed E-state index contributed by atoms with van der Waals surface area (Å²) in [6.07, 6.45) is 2.35. The van der Waals surface area contributed by atoms with E-state index >= 15 is 0 Å². The molecule has 0 unspecified atom stereocenters. The minimum absolute atomic E-state index is 0.0267. The molecular formula is C14H17N5O3S. The van der Waals surface area contributed by atoms with Crippen molar-refractivity contribution in [3.8, 4) is 0 Å². The Bertz CT molecular complexity index is 756. The minimum Gasteiger partial charge on any atom is -0.378 e. The summed E-state index contributed by atoms with van der Waals surface area (Å²) in [6.45, 7) is 3.05. The minimum atomic E-state index is -3.73. The first kappa shape index (κ1) is 15.5. The first-order chi connectivity index (χ1) is 11.0. The van der Waals surface area contributed by atoms with Crippen molar-refractivity contribution < 1.29 is 13.2 Å². The average molecular weight is 335 g/mol. The summed E-state index contributed by atoms with van der Waals surface area (Å²) in [5, 5.41) is 0. The molecule has 0 radical (unpaired) electrons. The van der Waals surface area contributed by atoms with Gasteiger partial charge in [0, 0.05) is 24.5 Å². The van der Waals surface area contributed by atoms with Crippen LogP contribution < -0.4 is 15.4 Å². The second-order valence-electron chi connectivity index (χ2n) is 5.03. The lowest BCUT2D eigenvalue weighted by molar-refractivity contribution is 0.122. The fraction of sp³-hybridized carbons (Fsp3) is 0.286. The van der Waals surface area contributed by atoms with E-state index in [-0.39, 0.29) is 10.8 Å². The number of nitrogens with zero attached hydrogens (tertiary/aromatic N) is 3. The number of hydrogen-bond acceptors (Lipinski definition) is 7. The van der Waals surface area contributed by atoms with Gasteiger partial charge in [-0.2, -0.15) is 0 Å². The highest BCUT2D eigenvalue weighted by Crippen LogP contribution is 2.21. The van der Waals surface area contributed by atoms with Crippen molar-refractivity contribution in [3.63, 3.8) is 0 Å². The third kappa shape index (κ3) is 3.69. The third-order valence-corrected chi connectivity index (χ3v) is 4.79. The van der Waals surface area contributed by atoms with Crippen LogP contribution in [-0.2, 0) is 14.8 Å². The van der Waals surface area contributed by atoms with Crippen LogP contribution in [-0.4, -0.2) is 44.7 Å². The lowest BCUT2D eigenvalue weighted by Crippen LogP contribution is -2.36. The van der Waals surface area contributed by atoms with Crippen LogP contribution in [0, 0.1) is 0 Å². The smallest absolute Gasteiger partial charge is 0.264 e. The zero-order valence-electron chi connectivity index (χ0n) is 12.3. The summed E-state index contributed by atoms with van der Waals surface area (Å²) in [7, 11) is -3.73. The molecule has 122 valence electrons. The summed E-state index contributed by atoms with van der Waals surface area (Å²) in [5.74, 6) is 0.0267. The number of nitrogen functional groups attached to an aromatic ring is 1. The Kier molecular flexibility index (Phi) is 4.30. The molecule has 0 spiro atoms. The Labute approximate surface area is 134 Å². The molecule has 0 saturated carbocycles. The Morgan fingerprint density at radius 2 is 1.70 bits per heavy atom. The van der Waals surface area contributed by atoms with Gasteiger partial charge in [0.05, 0.1) is 25.6 Å². The number of sulfonamides is 1. The zero-order chi connectivity index (χ0) is 16.3. The Morgan fingerprint density at radius 1 is 1.09 bits per heavy atom. The quantitative estimate of drug-likeness (QED) is 0.846. The topological polar surface area (TPSA) is 110 Å². The number of ether oxygens (including phenoxy) is 1. The van der Waals surface area contributed by atoms with Gasteiger partial charge in [0.25, 0.3) is 10.0 Å². The molecule has 1 aromatic carbocycles. The molecular weight excluding hydrogens is 318 g/mol. The highest BCUT2D eigenvalue weighted by atomic mass is 32.2. The molecule has 8 nitrogen and oxygen atoms in total. The lowest BCUT2D eigenvalue weighted by Gasteiger charge is -2.28. The Balaban J connectivity index is 1.73. The maximum Gasteiger partial charge on any atom is 0.264 e. The zero-order valence-corrected chi connectivity index (χ0v) is 13.2. The fourth-order valence-electron chi connectivity index (χ4n) is 2.24. The standard InChI is InChI=1S/C14H17N5O3S/c15-14-16-9-13(10-17-14)23(20,21)18-11-1-3-12(4-2-11)19-5-7-22-8-6-19/h1-4,9-10,18H,5-8H2,(H2,15,16,17). The normalized spacial score (nSPS) is 15.4. The summed E-state index contributed by atoms with van der Waals surface area (Å²) < 4.78 is 32.3. The highest BCUT2D eigenvalue weighted by Gasteiger charge is 2.16. The van der Waals surface area contributed by atoms with Crippen LogP contribution in [0.15, 0.2) is 41.6 Å². The number of anilines is 3. The molecule has 9 heteroatoms. The molecule has 3 rings (SSSR count). The predicted molar refractivity (Wildman–Crippen MR) is 86.7 cm³/mol. The molecule has 1 fully saturated rings. The predicted octanol–water partition coefficient (Wildman–Crippen LogP) is 0.696.